The Morgan fingerprint density at radius 1 is 1.11 bits per heavy atom. The van der Waals surface area contributed by atoms with Crippen molar-refractivity contribution in [2.75, 3.05) is 0 Å². The van der Waals surface area contributed by atoms with Crippen molar-refractivity contribution in [3.05, 3.63) is 22.4 Å². The van der Waals surface area contributed by atoms with E-state index in [4.69, 9.17) is 0 Å². The molecule has 0 amide bonds. The fraction of sp³-hybridized carbons (Fsp3) is 0.500. The van der Waals surface area contributed by atoms with E-state index in [1.807, 2.05) is 22.7 Å². The van der Waals surface area contributed by atoms with Crippen molar-refractivity contribution in [3.8, 4) is 0 Å². The third kappa shape index (κ3) is 2.59. The van der Waals surface area contributed by atoms with Crippen molar-refractivity contribution in [2.45, 2.75) is 46.0 Å². The fourth-order valence-electron chi connectivity index (χ4n) is 2.62. The first kappa shape index (κ1) is 13.2. The highest BCUT2D eigenvalue weighted by Gasteiger charge is 2.14. The van der Waals surface area contributed by atoms with Gasteiger partial charge >= 0.3 is 0 Å². The molecule has 3 heterocycles. The molecule has 0 aromatic carbocycles. The molecule has 3 heteroatoms. The lowest BCUT2D eigenvalue weighted by molar-refractivity contribution is 0.515. The van der Waals surface area contributed by atoms with E-state index < -0.39 is 0 Å². The number of nitrogens with one attached hydrogen (secondary N) is 1. The predicted molar refractivity (Wildman–Crippen MR) is 88.7 cm³/mol. The van der Waals surface area contributed by atoms with Crippen LogP contribution < -0.4 is 0 Å². The highest BCUT2D eigenvalue weighted by molar-refractivity contribution is 7.26. The molecule has 0 aliphatic rings. The number of rotatable bonds is 5. The number of aromatic nitrogens is 1. The molecule has 0 saturated heterocycles. The van der Waals surface area contributed by atoms with Gasteiger partial charge in [-0.3, -0.25) is 0 Å². The van der Waals surface area contributed by atoms with E-state index >= 15 is 0 Å². The zero-order valence-electron chi connectivity index (χ0n) is 11.8. The second-order valence-corrected chi connectivity index (χ2v) is 7.91. The van der Waals surface area contributed by atoms with Crippen molar-refractivity contribution in [2.24, 2.45) is 5.92 Å². The summed E-state index contributed by atoms with van der Waals surface area (Å²) in [6.07, 6.45) is 4.01. The Morgan fingerprint density at radius 2 is 1.95 bits per heavy atom. The van der Waals surface area contributed by atoms with Gasteiger partial charge in [0.05, 0.1) is 20.4 Å². The maximum Gasteiger partial charge on any atom is 0.0701 e. The topological polar surface area (TPSA) is 15.8 Å². The van der Waals surface area contributed by atoms with E-state index in [1.165, 1.54) is 39.7 Å². The van der Waals surface area contributed by atoms with Crippen molar-refractivity contribution >= 4 is 43.1 Å². The Morgan fingerprint density at radius 3 is 2.74 bits per heavy atom. The quantitative estimate of drug-likeness (QED) is 0.562. The van der Waals surface area contributed by atoms with Gasteiger partial charge in [-0.25, -0.2) is 0 Å². The Bertz CT molecular complexity index is 671. The molecule has 1 N–H and O–H groups in total. The zero-order valence-corrected chi connectivity index (χ0v) is 13.5. The molecule has 0 aliphatic heterocycles. The van der Waals surface area contributed by atoms with Gasteiger partial charge in [-0.2, -0.15) is 0 Å². The minimum Gasteiger partial charge on any atom is -0.353 e. The molecule has 0 spiro atoms. The van der Waals surface area contributed by atoms with Gasteiger partial charge in [0.2, 0.25) is 0 Å². The average molecular weight is 291 g/mol. The van der Waals surface area contributed by atoms with Crippen LogP contribution in [-0.2, 0) is 0 Å². The van der Waals surface area contributed by atoms with Gasteiger partial charge in [-0.15, -0.1) is 22.7 Å². The Kier molecular flexibility index (Phi) is 3.68. The molecule has 0 radical (unpaired) electrons. The second-order valence-electron chi connectivity index (χ2n) is 5.91. The first-order valence-corrected chi connectivity index (χ1v) is 8.83. The third-order valence-corrected chi connectivity index (χ3v) is 6.24. The number of hydrogen-bond donors (Lipinski definition) is 1. The van der Waals surface area contributed by atoms with Crippen LogP contribution in [0.1, 0.15) is 50.8 Å². The van der Waals surface area contributed by atoms with Crippen molar-refractivity contribution < 1.29 is 0 Å². The summed E-state index contributed by atoms with van der Waals surface area (Å²) in [6.45, 7) is 7.00. The highest BCUT2D eigenvalue weighted by Crippen LogP contribution is 2.39. The third-order valence-electron chi connectivity index (χ3n) is 3.80. The molecular formula is C16H21NS2. The molecular weight excluding hydrogens is 270 g/mol. The number of H-pyrrole nitrogens is 1. The molecule has 1 nitrogen and oxygen atoms in total. The lowest BCUT2D eigenvalue weighted by Crippen LogP contribution is -1.93. The van der Waals surface area contributed by atoms with Gasteiger partial charge in [0.15, 0.2) is 0 Å². The Balaban J connectivity index is 1.78. The van der Waals surface area contributed by atoms with E-state index in [1.54, 1.807) is 4.88 Å². The second kappa shape index (κ2) is 5.29. The van der Waals surface area contributed by atoms with Crippen molar-refractivity contribution in [1.29, 1.82) is 0 Å². The summed E-state index contributed by atoms with van der Waals surface area (Å²) in [5.74, 6) is 1.52. The number of aromatic amines is 1. The van der Waals surface area contributed by atoms with Gasteiger partial charge in [-0.05, 0) is 35.8 Å². The largest absolute Gasteiger partial charge is 0.353 e. The van der Waals surface area contributed by atoms with Crippen LogP contribution in [0.15, 0.2) is 17.5 Å². The predicted octanol–water partition coefficient (Wildman–Crippen LogP) is 6.37. The molecule has 0 fully saturated rings. The maximum absolute atomic E-state index is 3.53. The van der Waals surface area contributed by atoms with Crippen LogP contribution in [0.3, 0.4) is 0 Å². The lowest BCUT2D eigenvalue weighted by atomic mass is 9.98. The minimum absolute atomic E-state index is 0.694. The number of thiophene rings is 2. The standard InChI is InChI=1S/C16H21NS2/c1-10(2)5-4-6-11(3)14-9-13-16(19-14)15-12(17-13)7-8-18-15/h7-11,17H,4-6H2,1-3H3. The molecule has 3 rings (SSSR count). The number of hydrogen-bond acceptors (Lipinski definition) is 2. The average Bonchev–Trinajstić information content (AvgIpc) is 2.98. The zero-order chi connectivity index (χ0) is 13.4. The summed E-state index contributed by atoms with van der Waals surface area (Å²) in [4.78, 5) is 5.07. The van der Waals surface area contributed by atoms with Crippen molar-refractivity contribution in [3.63, 3.8) is 0 Å². The minimum atomic E-state index is 0.694. The van der Waals surface area contributed by atoms with E-state index in [0.29, 0.717) is 5.92 Å². The summed E-state index contributed by atoms with van der Waals surface area (Å²) < 4.78 is 2.89. The van der Waals surface area contributed by atoms with Gasteiger partial charge in [-0.1, -0.05) is 33.6 Å². The summed E-state index contributed by atoms with van der Waals surface area (Å²) in [5.41, 5.74) is 2.63. The van der Waals surface area contributed by atoms with E-state index in [9.17, 15) is 0 Å². The van der Waals surface area contributed by atoms with E-state index in [-0.39, 0.29) is 0 Å². The normalized spacial score (nSPS) is 13.9. The van der Waals surface area contributed by atoms with Crippen LogP contribution in [0, 0.1) is 5.92 Å². The van der Waals surface area contributed by atoms with Gasteiger partial charge in [0, 0.05) is 4.88 Å². The molecule has 102 valence electrons. The smallest absolute Gasteiger partial charge is 0.0701 e. The monoisotopic (exact) mass is 291 g/mol. The Hall–Kier alpha value is -0.800. The highest BCUT2D eigenvalue weighted by atomic mass is 32.1. The molecule has 0 aliphatic carbocycles. The van der Waals surface area contributed by atoms with Crippen molar-refractivity contribution in [1.82, 2.24) is 4.98 Å². The van der Waals surface area contributed by atoms with E-state index in [2.05, 4.69) is 43.3 Å². The molecule has 1 unspecified atom stereocenters. The molecule has 3 aromatic rings. The summed E-state index contributed by atoms with van der Waals surface area (Å²) in [6, 6.07) is 4.55. The van der Waals surface area contributed by atoms with Crippen LogP contribution in [0.2, 0.25) is 0 Å². The van der Waals surface area contributed by atoms with Gasteiger partial charge in [0.1, 0.15) is 0 Å². The Labute approximate surface area is 122 Å². The molecule has 1 atom stereocenters. The van der Waals surface area contributed by atoms with E-state index in [0.717, 1.165) is 5.92 Å². The SMILES string of the molecule is CC(C)CCCC(C)c1cc2[nH]c3ccsc3c2s1. The fourth-order valence-corrected chi connectivity index (χ4v) is 4.84. The molecule has 3 aromatic heterocycles. The van der Waals surface area contributed by atoms with Crippen LogP contribution >= 0.6 is 22.7 Å². The summed E-state index contributed by atoms with van der Waals surface area (Å²) in [7, 11) is 0. The first-order chi connectivity index (χ1) is 9.15. The van der Waals surface area contributed by atoms with Crippen LogP contribution in [-0.4, -0.2) is 4.98 Å². The lowest BCUT2D eigenvalue weighted by Gasteiger charge is -2.10. The van der Waals surface area contributed by atoms with Crippen LogP contribution in [0.5, 0.6) is 0 Å². The molecule has 0 saturated carbocycles. The molecule has 0 bridgehead atoms. The summed E-state index contributed by atoms with van der Waals surface area (Å²) in [5, 5.41) is 2.17. The van der Waals surface area contributed by atoms with Crippen LogP contribution in [0.25, 0.3) is 20.4 Å². The van der Waals surface area contributed by atoms with Crippen LogP contribution in [0.4, 0.5) is 0 Å². The molecule has 19 heavy (non-hydrogen) atoms. The van der Waals surface area contributed by atoms with Gasteiger partial charge < -0.3 is 4.98 Å². The maximum atomic E-state index is 3.53. The summed E-state index contributed by atoms with van der Waals surface area (Å²) >= 11 is 3.83. The van der Waals surface area contributed by atoms with Gasteiger partial charge in [0.25, 0.3) is 0 Å². The first-order valence-electron chi connectivity index (χ1n) is 7.13. The number of fused-ring (bicyclic) bond motifs is 3.